The van der Waals surface area contributed by atoms with Crippen molar-refractivity contribution in [1.82, 2.24) is 4.98 Å². The lowest BCUT2D eigenvalue weighted by atomic mass is 10.0. The topological polar surface area (TPSA) is 25.4 Å². The van der Waals surface area contributed by atoms with E-state index >= 15 is 0 Å². The third-order valence-electron chi connectivity index (χ3n) is 4.96. The lowest BCUT2D eigenvalue weighted by Crippen LogP contribution is -2.34. The number of para-hydroxylation sites is 1. The molecule has 4 heteroatoms. The number of ether oxygens (including phenoxy) is 1. The molecular weight excluding hydrogens is 388 g/mol. The van der Waals surface area contributed by atoms with Gasteiger partial charge in [-0.2, -0.15) is 0 Å². The highest BCUT2D eigenvalue weighted by Crippen LogP contribution is 2.29. The zero-order valence-corrected chi connectivity index (χ0v) is 16.6. The number of aromatic nitrogens is 1. The SMILES string of the molecule is CC1CCCN(c2ccc3cccc(OCc4ccc(Br)cc4)c3n2)C1. The first kappa shape index (κ1) is 17.3. The summed E-state index contributed by atoms with van der Waals surface area (Å²) in [6.07, 6.45) is 2.55. The van der Waals surface area contributed by atoms with Crippen molar-refractivity contribution in [2.75, 3.05) is 18.0 Å². The van der Waals surface area contributed by atoms with Gasteiger partial charge in [-0.1, -0.05) is 47.1 Å². The van der Waals surface area contributed by atoms with E-state index in [4.69, 9.17) is 9.72 Å². The second-order valence-electron chi connectivity index (χ2n) is 7.11. The smallest absolute Gasteiger partial charge is 0.146 e. The Balaban J connectivity index is 1.59. The number of anilines is 1. The molecule has 0 bridgehead atoms. The quantitative estimate of drug-likeness (QED) is 0.542. The summed E-state index contributed by atoms with van der Waals surface area (Å²) in [5.41, 5.74) is 2.09. The van der Waals surface area contributed by atoms with Gasteiger partial charge in [-0.05, 0) is 54.7 Å². The van der Waals surface area contributed by atoms with E-state index in [9.17, 15) is 0 Å². The molecule has 0 saturated carbocycles. The monoisotopic (exact) mass is 410 g/mol. The van der Waals surface area contributed by atoms with Gasteiger partial charge in [-0.15, -0.1) is 0 Å². The molecule has 1 fully saturated rings. The Kier molecular flexibility index (Phi) is 5.11. The number of rotatable bonds is 4. The van der Waals surface area contributed by atoms with Gasteiger partial charge < -0.3 is 9.64 Å². The van der Waals surface area contributed by atoms with Gasteiger partial charge in [0.15, 0.2) is 0 Å². The number of benzene rings is 2. The van der Waals surface area contributed by atoms with E-state index in [0.29, 0.717) is 6.61 Å². The number of hydrogen-bond acceptors (Lipinski definition) is 3. The molecule has 2 aromatic carbocycles. The molecule has 0 spiro atoms. The van der Waals surface area contributed by atoms with Crippen LogP contribution < -0.4 is 9.64 Å². The molecule has 3 aromatic rings. The van der Waals surface area contributed by atoms with E-state index in [0.717, 1.165) is 51.5 Å². The van der Waals surface area contributed by atoms with Crippen LogP contribution in [0, 0.1) is 5.92 Å². The van der Waals surface area contributed by atoms with E-state index in [1.54, 1.807) is 0 Å². The van der Waals surface area contributed by atoms with Crippen LogP contribution in [0.15, 0.2) is 59.1 Å². The fraction of sp³-hybridized carbons (Fsp3) is 0.318. The number of piperidine rings is 1. The lowest BCUT2D eigenvalue weighted by molar-refractivity contribution is 0.309. The highest BCUT2D eigenvalue weighted by molar-refractivity contribution is 9.10. The lowest BCUT2D eigenvalue weighted by Gasteiger charge is -2.32. The molecule has 1 saturated heterocycles. The van der Waals surface area contributed by atoms with Gasteiger partial charge in [-0.25, -0.2) is 4.98 Å². The molecular formula is C22H23BrN2O. The number of fused-ring (bicyclic) bond motifs is 1. The van der Waals surface area contributed by atoms with Crippen LogP contribution in [0.25, 0.3) is 10.9 Å². The summed E-state index contributed by atoms with van der Waals surface area (Å²) in [5, 5.41) is 1.12. The summed E-state index contributed by atoms with van der Waals surface area (Å²) < 4.78 is 7.19. The number of halogens is 1. The molecule has 0 amide bonds. The first-order chi connectivity index (χ1) is 12.7. The Hall–Kier alpha value is -2.07. The van der Waals surface area contributed by atoms with E-state index < -0.39 is 0 Å². The van der Waals surface area contributed by atoms with Gasteiger partial charge in [0, 0.05) is 22.9 Å². The van der Waals surface area contributed by atoms with Gasteiger partial charge >= 0.3 is 0 Å². The van der Waals surface area contributed by atoms with Gasteiger partial charge in [0.2, 0.25) is 0 Å². The number of pyridine rings is 1. The second kappa shape index (κ2) is 7.67. The summed E-state index contributed by atoms with van der Waals surface area (Å²) in [4.78, 5) is 7.36. The zero-order valence-electron chi connectivity index (χ0n) is 15.0. The molecule has 2 heterocycles. The van der Waals surface area contributed by atoms with Crippen LogP contribution in [0.1, 0.15) is 25.3 Å². The van der Waals surface area contributed by atoms with Crippen LogP contribution in [0.3, 0.4) is 0 Å². The van der Waals surface area contributed by atoms with Gasteiger partial charge in [0.1, 0.15) is 23.7 Å². The molecule has 26 heavy (non-hydrogen) atoms. The van der Waals surface area contributed by atoms with Crippen molar-refractivity contribution in [2.45, 2.75) is 26.4 Å². The fourth-order valence-corrected chi connectivity index (χ4v) is 3.81. The molecule has 3 nitrogen and oxygen atoms in total. The van der Waals surface area contributed by atoms with Crippen molar-refractivity contribution in [3.63, 3.8) is 0 Å². The van der Waals surface area contributed by atoms with Crippen LogP contribution in [0.2, 0.25) is 0 Å². The minimum Gasteiger partial charge on any atom is -0.487 e. The predicted molar refractivity (Wildman–Crippen MR) is 111 cm³/mol. The van der Waals surface area contributed by atoms with E-state index in [2.05, 4.69) is 58.1 Å². The second-order valence-corrected chi connectivity index (χ2v) is 8.02. The molecule has 4 rings (SSSR count). The highest BCUT2D eigenvalue weighted by Gasteiger charge is 2.18. The zero-order chi connectivity index (χ0) is 17.9. The summed E-state index contributed by atoms with van der Waals surface area (Å²) in [7, 11) is 0. The van der Waals surface area contributed by atoms with Crippen LogP contribution in [0.4, 0.5) is 5.82 Å². The van der Waals surface area contributed by atoms with Crippen molar-refractivity contribution < 1.29 is 4.74 Å². The average molecular weight is 411 g/mol. The molecule has 1 unspecified atom stereocenters. The summed E-state index contributed by atoms with van der Waals surface area (Å²) in [5.74, 6) is 2.63. The van der Waals surface area contributed by atoms with Crippen LogP contribution >= 0.6 is 15.9 Å². The van der Waals surface area contributed by atoms with Gasteiger partial charge in [0.25, 0.3) is 0 Å². The van der Waals surface area contributed by atoms with Crippen molar-refractivity contribution >= 4 is 32.7 Å². The van der Waals surface area contributed by atoms with E-state index in [-0.39, 0.29) is 0 Å². The van der Waals surface area contributed by atoms with E-state index in [1.807, 2.05) is 24.3 Å². The molecule has 0 N–H and O–H groups in total. The van der Waals surface area contributed by atoms with Crippen molar-refractivity contribution in [1.29, 1.82) is 0 Å². The molecule has 1 aliphatic rings. The minimum atomic E-state index is 0.541. The van der Waals surface area contributed by atoms with Crippen LogP contribution in [0.5, 0.6) is 5.75 Å². The van der Waals surface area contributed by atoms with E-state index in [1.165, 1.54) is 12.8 Å². The van der Waals surface area contributed by atoms with Crippen LogP contribution in [-0.4, -0.2) is 18.1 Å². The molecule has 0 radical (unpaired) electrons. The molecule has 1 aromatic heterocycles. The Bertz CT molecular complexity index is 894. The third kappa shape index (κ3) is 3.85. The molecule has 1 atom stereocenters. The summed E-state index contributed by atoms with van der Waals surface area (Å²) >= 11 is 3.47. The first-order valence-electron chi connectivity index (χ1n) is 9.21. The van der Waals surface area contributed by atoms with Crippen molar-refractivity contribution in [3.05, 3.63) is 64.6 Å². The maximum Gasteiger partial charge on any atom is 0.146 e. The van der Waals surface area contributed by atoms with Crippen molar-refractivity contribution in [2.24, 2.45) is 5.92 Å². The van der Waals surface area contributed by atoms with Gasteiger partial charge in [-0.3, -0.25) is 0 Å². The maximum atomic E-state index is 6.11. The minimum absolute atomic E-state index is 0.541. The maximum absolute atomic E-state index is 6.11. The van der Waals surface area contributed by atoms with Crippen molar-refractivity contribution in [3.8, 4) is 5.75 Å². The predicted octanol–water partition coefficient (Wildman–Crippen LogP) is 5.81. The first-order valence-corrected chi connectivity index (χ1v) is 10.0. The Morgan fingerprint density at radius 2 is 1.96 bits per heavy atom. The average Bonchev–Trinajstić information content (AvgIpc) is 2.67. The summed E-state index contributed by atoms with van der Waals surface area (Å²) in [6, 6.07) is 18.7. The largest absolute Gasteiger partial charge is 0.487 e. The Morgan fingerprint density at radius 3 is 2.77 bits per heavy atom. The highest BCUT2D eigenvalue weighted by atomic mass is 79.9. The molecule has 0 aliphatic carbocycles. The molecule has 134 valence electrons. The summed E-state index contributed by atoms with van der Waals surface area (Å²) in [6.45, 7) is 5.03. The van der Waals surface area contributed by atoms with Crippen LogP contribution in [-0.2, 0) is 6.61 Å². The Morgan fingerprint density at radius 1 is 1.12 bits per heavy atom. The normalized spacial score (nSPS) is 17.5. The number of hydrogen-bond donors (Lipinski definition) is 0. The standard InChI is InChI=1S/C22H23BrN2O/c1-16-4-3-13-25(14-16)21-12-9-18-5-2-6-20(22(18)24-21)26-15-17-7-10-19(23)11-8-17/h2,5-12,16H,3-4,13-15H2,1H3. The fourth-order valence-electron chi connectivity index (χ4n) is 3.54. The molecule has 1 aliphatic heterocycles. The third-order valence-corrected chi connectivity index (χ3v) is 5.49. The number of nitrogens with zero attached hydrogens (tertiary/aromatic N) is 2. The van der Waals surface area contributed by atoms with Gasteiger partial charge in [0.05, 0.1) is 0 Å². The Labute approximate surface area is 163 Å².